The van der Waals surface area contributed by atoms with Crippen molar-refractivity contribution in [3.8, 4) is 5.69 Å². The fourth-order valence-corrected chi connectivity index (χ4v) is 6.11. The van der Waals surface area contributed by atoms with Gasteiger partial charge >= 0.3 is 0 Å². The minimum absolute atomic E-state index is 0.0762. The molecule has 2 aromatic rings. The highest BCUT2D eigenvalue weighted by Crippen LogP contribution is 2.41. The van der Waals surface area contributed by atoms with Crippen LogP contribution in [0.3, 0.4) is 0 Å². The van der Waals surface area contributed by atoms with Crippen LogP contribution in [0.1, 0.15) is 70.8 Å². The summed E-state index contributed by atoms with van der Waals surface area (Å²) in [5.41, 5.74) is 11.7. The number of carbonyl (C=O) groups excluding carboxylic acids is 2. The lowest BCUT2D eigenvalue weighted by atomic mass is 9.75. The summed E-state index contributed by atoms with van der Waals surface area (Å²) in [7, 11) is 0. The van der Waals surface area contributed by atoms with Crippen molar-refractivity contribution < 1.29 is 14.0 Å². The van der Waals surface area contributed by atoms with Crippen molar-refractivity contribution in [1.29, 1.82) is 0 Å². The fourth-order valence-electron chi connectivity index (χ4n) is 6.11. The minimum Gasteiger partial charge on any atom is -0.383 e. The number of rotatable bonds is 1. The highest BCUT2D eigenvalue weighted by Gasteiger charge is 2.37. The number of halogens is 1. The Morgan fingerprint density at radius 2 is 2.03 bits per heavy atom. The van der Waals surface area contributed by atoms with Gasteiger partial charge in [0.15, 0.2) is 5.78 Å². The van der Waals surface area contributed by atoms with Crippen molar-refractivity contribution in [3.63, 3.8) is 0 Å². The van der Waals surface area contributed by atoms with Crippen LogP contribution in [0.2, 0.25) is 0 Å². The van der Waals surface area contributed by atoms with E-state index in [0.717, 1.165) is 54.0 Å². The van der Waals surface area contributed by atoms with Crippen molar-refractivity contribution in [2.24, 2.45) is 11.1 Å². The van der Waals surface area contributed by atoms with Crippen LogP contribution in [-0.2, 0) is 12.8 Å². The molecule has 176 valence electrons. The summed E-state index contributed by atoms with van der Waals surface area (Å²) >= 11 is 0. The molecule has 6 nitrogen and oxygen atoms in total. The molecule has 0 unspecified atom stereocenters. The number of primary amides is 1. The lowest BCUT2D eigenvalue weighted by Crippen LogP contribution is -2.36. The number of nitrogens with zero attached hydrogens (tertiary/aromatic N) is 2. The highest BCUT2D eigenvalue weighted by atomic mass is 19.1. The maximum atomic E-state index is 14.3. The van der Waals surface area contributed by atoms with Crippen LogP contribution in [0.4, 0.5) is 10.1 Å². The number of Topliss-reactive ketones (excluding diaryl/α,β-unsaturated/α-hetero) is 1. The molecule has 1 fully saturated rings. The van der Waals surface area contributed by atoms with Gasteiger partial charge in [-0.1, -0.05) is 13.8 Å². The van der Waals surface area contributed by atoms with E-state index in [1.54, 1.807) is 6.07 Å². The average molecular weight is 453 g/mol. The molecule has 1 aromatic heterocycles. The molecule has 7 heteroatoms. The van der Waals surface area contributed by atoms with E-state index >= 15 is 0 Å². The second kappa shape index (κ2) is 7.97. The Bertz CT molecular complexity index is 1140. The predicted molar refractivity (Wildman–Crippen MR) is 127 cm³/mol. The third-order valence-electron chi connectivity index (χ3n) is 7.59. The second-order valence-electron chi connectivity index (χ2n) is 10.7. The molecule has 1 aliphatic carbocycles. The molecule has 2 bridgehead atoms. The zero-order chi connectivity index (χ0) is 23.5. The van der Waals surface area contributed by atoms with Gasteiger partial charge in [0.2, 0.25) is 0 Å². The van der Waals surface area contributed by atoms with E-state index in [4.69, 9.17) is 5.73 Å². The Balaban J connectivity index is 1.68. The number of anilines is 1. The van der Waals surface area contributed by atoms with Crippen molar-refractivity contribution in [2.45, 2.75) is 65.1 Å². The summed E-state index contributed by atoms with van der Waals surface area (Å²) in [6, 6.07) is 5.72. The van der Waals surface area contributed by atoms with Gasteiger partial charge in [0.05, 0.1) is 5.56 Å². The fraction of sp³-hybridized carbons (Fsp3) is 0.538. The van der Waals surface area contributed by atoms with E-state index in [9.17, 15) is 14.0 Å². The van der Waals surface area contributed by atoms with Gasteiger partial charge in [-0.15, -0.1) is 0 Å². The van der Waals surface area contributed by atoms with Gasteiger partial charge in [-0.05, 0) is 68.3 Å². The number of nitrogens with one attached hydrogen (secondary N) is 1. The lowest BCUT2D eigenvalue weighted by Gasteiger charge is -2.30. The molecule has 0 spiro atoms. The normalized spacial score (nSPS) is 24.7. The third kappa shape index (κ3) is 3.86. The predicted octanol–water partition coefficient (Wildman–Crippen LogP) is 3.81. The number of carbonyl (C=O) groups is 2. The number of hydrogen-bond acceptors (Lipinski definition) is 4. The Morgan fingerprint density at radius 1 is 1.24 bits per heavy atom. The number of amides is 1. The topological polar surface area (TPSA) is 80.4 Å². The second-order valence-corrected chi connectivity index (χ2v) is 10.7. The number of benzene rings is 1. The van der Waals surface area contributed by atoms with Crippen LogP contribution in [0.25, 0.3) is 5.69 Å². The Morgan fingerprint density at radius 3 is 2.79 bits per heavy atom. The average Bonchev–Trinajstić information content (AvgIpc) is 3.21. The van der Waals surface area contributed by atoms with E-state index in [-0.39, 0.29) is 17.2 Å². The standard InChI is InChI=1S/C26H33FN4O2/c1-15-21-5-4-8-30-14-16(27)9-18(30)13-29-20-10-17(6-7-19(20)25(28)33)31(21)22-11-26(2,3)12-23(32)24(15)22/h6-7,10,16,18,29H,4-5,8-9,11-14H2,1-3H3,(H2,28,33)/t16-,18+/m0/s1. The van der Waals surface area contributed by atoms with Gasteiger partial charge in [-0.25, -0.2) is 4.39 Å². The molecule has 1 aromatic carbocycles. The molecule has 1 amide bonds. The van der Waals surface area contributed by atoms with E-state index in [1.165, 1.54) is 0 Å². The minimum atomic E-state index is -0.832. The molecule has 3 heterocycles. The molecular formula is C26H33FN4O2. The highest BCUT2D eigenvalue weighted by molar-refractivity contribution is 6.01. The molecule has 0 saturated carbocycles. The Kier molecular flexibility index (Phi) is 5.35. The van der Waals surface area contributed by atoms with Crippen LogP contribution < -0.4 is 11.1 Å². The zero-order valence-electron chi connectivity index (χ0n) is 19.7. The first kappa shape index (κ1) is 22.1. The van der Waals surface area contributed by atoms with Crippen LogP contribution in [0.15, 0.2) is 18.2 Å². The molecular weight excluding hydrogens is 419 g/mol. The lowest BCUT2D eigenvalue weighted by molar-refractivity contribution is 0.0909. The summed E-state index contributed by atoms with van der Waals surface area (Å²) < 4.78 is 16.5. The smallest absolute Gasteiger partial charge is 0.250 e. The van der Waals surface area contributed by atoms with Gasteiger partial charge in [0, 0.05) is 53.9 Å². The van der Waals surface area contributed by atoms with Crippen LogP contribution in [0.5, 0.6) is 0 Å². The maximum Gasteiger partial charge on any atom is 0.250 e. The van der Waals surface area contributed by atoms with Crippen molar-refractivity contribution >= 4 is 17.4 Å². The number of fused-ring (bicyclic) bond motifs is 7. The summed E-state index contributed by atoms with van der Waals surface area (Å²) in [4.78, 5) is 27.5. The molecule has 33 heavy (non-hydrogen) atoms. The first-order valence-electron chi connectivity index (χ1n) is 12.0. The van der Waals surface area contributed by atoms with Gasteiger partial charge < -0.3 is 15.6 Å². The van der Waals surface area contributed by atoms with Crippen LogP contribution in [0, 0.1) is 12.3 Å². The van der Waals surface area contributed by atoms with E-state index in [2.05, 4.69) is 35.6 Å². The Hall–Kier alpha value is -2.67. The summed E-state index contributed by atoms with van der Waals surface area (Å²) in [6.45, 7) is 8.15. The SMILES string of the molecule is Cc1c2c(n3c1CCCN1C[C@@H](F)C[C@@H]1CNc1cc-3ccc1C(N)=O)CC(C)(C)CC2=O. The molecule has 1 saturated heterocycles. The zero-order valence-corrected chi connectivity index (χ0v) is 19.7. The first-order chi connectivity index (χ1) is 15.6. The van der Waals surface area contributed by atoms with Gasteiger partial charge in [0.1, 0.15) is 6.17 Å². The van der Waals surface area contributed by atoms with Gasteiger partial charge in [-0.2, -0.15) is 0 Å². The number of alkyl halides is 1. The van der Waals surface area contributed by atoms with Crippen LogP contribution >= 0.6 is 0 Å². The summed E-state index contributed by atoms with van der Waals surface area (Å²) in [5.74, 6) is -0.292. The Labute approximate surface area is 194 Å². The largest absolute Gasteiger partial charge is 0.383 e. The summed E-state index contributed by atoms with van der Waals surface area (Å²) in [5, 5.41) is 3.40. The molecule has 2 aliphatic heterocycles. The molecule has 2 atom stereocenters. The van der Waals surface area contributed by atoms with Gasteiger partial charge in [0.25, 0.3) is 5.91 Å². The van der Waals surface area contributed by atoms with E-state index < -0.39 is 12.1 Å². The molecule has 5 rings (SSSR count). The maximum absolute atomic E-state index is 14.3. The third-order valence-corrected chi connectivity index (χ3v) is 7.59. The van der Waals surface area contributed by atoms with Gasteiger partial charge in [-0.3, -0.25) is 14.5 Å². The number of ketones is 1. The van der Waals surface area contributed by atoms with Crippen molar-refractivity contribution in [3.05, 3.63) is 46.3 Å². The van der Waals surface area contributed by atoms with Crippen molar-refractivity contribution in [2.75, 3.05) is 25.0 Å². The van der Waals surface area contributed by atoms with Crippen molar-refractivity contribution in [1.82, 2.24) is 9.47 Å². The quantitative estimate of drug-likeness (QED) is 0.690. The van der Waals surface area contributed by atoms with E-state index in [1.807, 2.05) is 12.1 Å². The summed E-state index contributed by atoms with van der Waals surface area (Å²) in [6.07, 6.45) is 2.73. The first-order valence-corrected chi connectivity index (χ1v) is 12.0. The van der Waals surface area contributed by atoms with Crippen LogP contribution in [-0.4, -0.2) is 53.0 Å². The number of nitrogens with two attached hydrogens (primary N) is 1. The molecule has 0 radical (unpaired) electrons. The number of aromatic nitrogens is 1. The number of hydrogen-bond donors (Lipinski definition) is 2. The molecule has 3 N–H and O–H groups in total. The van der Waals surface area contributed by atoms with E-state index in [0.29, 0.717) is 37.2 Å². The molecule has 3 aliphatic rings. The monoisotopic (exact) mass is 452 g/mol.